The highest BCUT2D eigenvalue weighted by molar-refractivity contribution is 5.82. The first kappa shape index (κ1) is 13.6. The fraction of sp³-hybridized carbons (Fsp3) is 0.909. The zero-order chi connectivity index (χ0) is 11.7. The van der Waals surface area contributed by atoms with Gasteiger partial charge in [0.2, 0.25) is 0 Å². The largest absolute Gasteiger partial charge is 0.327 e. The van der Waals surface area contributed by atoms with Crippen LogP contribution in [0, 0.1) is 10.8 Å². The molecule has 0 aliphatic heterocycles. The minimum atomic E-state index is -0.517. The van der Waals surface area contributed by atoms with Gasteiger partial charge in [-0.1, -0.05) is 27.7 Å². The molecule has 0 aliphatic carbocycles. The van der Waals surface area contributed by atoms with Crippen LogP contribution in [0.3, 0.4) is 0 Å². The number of Topliss-reactive ketones (excluding diaryl/α,β-unsaturated/α-hetero) is 1. The molecule has 0 aromatic rings. The average molecular weight is 200 g/mol. The van der Waals surface area contributed by atoms with Crippen molar-refractivity contribution in [3.63, 3.8) is 0 Å². The molecule has 0 aromatic heterocycles. The van der Waals surface area contributed by atoms with Crippen LogP contribution in [0.5, 0.6) is 0 Å². The Bertz CT molecular complexity index is 219. The zero-order valence-corrected chi connectivity index (χ0v) is 10.2. The molecule has 3 nitrogen and oxygen atoms in total. The van der Waals surface area contributed by atoms with Crippen molar-refractivity contribution < 1.29 is 4.79 Å². The summed E-state index contributed by atoms with van der Waals surface area (Å²) in [6.45, 7) is 11.3. The molecule has 0 aliphatic rings. The summed E-state index contributed by atoms with van der Waals surface area (Å²) in [6, 6.07) is -0.261. The molecular formula is C11H24N2O. The lowest BCUT2D eigenvalue weighted by Crippen LogP contribution is -2.57. The van der Waals surface area contributed by atoms with Crippen LogP contribution in [-0.2, 0) is 4.79 Å². The van der Waals surface area contributed by atoms with E-state index in [1.54, 1.807) is 6.92 Å². The van der Waals surface area contributed by atoms with E-state index in [4.69, 9.17) is 11.5 Å². The van der Waals surface area contributed by atoms with Crippen LogP contribution >= 0.6 is 0 Å². The molecular weight excluding hydrogens is 176 g/mol. The molecule has 0 saturated carbocycles. The molecule has 84 valence electrons. The van der Waals surface area contributed by atoms with E-state index in [1.807, 2.05) is 34.6 Å². The van der Waals surface area contributed by atoms with E-state index in [-0.39, 0.29) is 23.3 Å². The van der Waals surface area contributed by atoms with Crippen molar-refractivity contribution in [2.45, 2.75) is 53.6 Å². The molecule has 0 heterocycles. The minimum Gasteiger partial charge on any atom is -0.327 e. The number of nitrogens with two attached hydrogens (primary N) is 2. The Morgan fingerprint density at radius 1 is 1.14 bits per heavy atom. The van der Waals surface area contributed by atoms with Crippen molar-refractivity contribution in [1.29, 1.82) is 0 Å². The average Bonchev–Trinajstić information content (AvgIpc) is 2.02. The highest BCUT2D eigenvalue weighted by atomic mass is 16.1. The second kappa shape index (κ2) is 3.99. The quantitative estimate of drug-likeness (QED) is 0.718. The minimum absolute atomic E-state index is 0.0314. The van der Waals surface area contributed by atoms with Gasteiger partial charge < -0.3 is 11.5 Å². The first-order valence-corrected chi connectivity index (χ1v) is 5.06. The topological polar surface area (TPSA) is 69.1 Å². The molecule has 2 atom stereocenters. The third kappa shape index (κ3) is 2.34. The maximum atomic E-state index is 11.5. The van der Waals surface area contributed by atoms with E-state index in [1.165, 1.54) is 0 Å². The number of carbonyl (C=O) groups excluding carboxylic acids is 1. The summed E-state index contributed by atoms with van der Waals surface area (Å²) in [7, 11) is 0. The second-order valence-corrected chi connectivity index (χ2v) is 5.37. The van der Waals surface area contributed by atoms with E-state index in [0.29, 0.717) is 0 Å². The van der Waals surface area contributed by atoms with E-state index in [0.717, 1.165) is 0 Å². The summed E-state index contributed by atoms with van der Waals surface area (Å²) in [5, 5.41) is 0. The van der Waals surface area contributed by atoms with Gasteiger partial charge >= 0.3 is 0 Å². The van der Waals surface area contributed by atoms with E-state index in [2.05, 4.69) is 0 Å². The van der Waals surface area contributed by atoms with Crippen LogP contribution in [0.15, 0.2) is 0 Å². The van der Waals surface area contributed by atoms with Crippen molar-refractivity contribution in [3.8, 4) is 0 Å². The van der Waals surface area contributed by atoms with Crippen molar-refractivity contribution >= 4 is 5.78 Å². The Labute approximate surface area is 87.2 Å². The maximum Gasteiger partial charge on any atom is 0.136 e. The molecule has 2 unspecified atom stereocenters. The normalized spacial score (nSPS) is 17.7. The van der Waals surface area contributed by atoms with Crippen molar-refractivity contribution in [3.05, 3.63) is 0 Å². The van der Waals surface area contributed by atoms with Crippen LogP contribution in [0.2, 0.25) is 0 Å². The lowest BCUT2D eigenvalue weighted by atomic mass is 9.66. The monoisotopic (exact) mass is 200 g/mol. The van der Waals surface area contributed by atoms with Crippen molar-refractivity contribution in [2.24, 2.45) is 22.3 Å². The summed E-state index contributed by atoms with van der Waals surface area (Å²) < 4.78 is 0. The molecule has 0 amide bonds. The van der Waals surface area contributed by atoms with Gasteiger partial charge in [0, 0.05) is 17.5 Å². The molecule has 0 aromatic carbocycles. The van der Waals surface area contributed by atoms with E-state index < -0.39 is 5.41 Å². The van der Waals surface area contributed by atoms with Gasteiger partial charge in [0.1, 0.15) is 5.78 Å². The lowest BCUT2D eigenvalue weighted by Gasteiger charge is -2.43. The molecule has 14 heavy (non-hydrogen) atoms. The van der Waals surface area contributed by atoms with Crippen LogP contribution in [0.25, 0.3) is 0 Å². The summed E-state index contributed by atoms with van der Waals surface area (Å²) >= 11 is 0. The van der Waals surface area contributed by atoms with Crippen LogP contribution < -0.4 is 11.5 Å². The summed E-state index contributed by atoms with van der Waals surface area (Å²) in [4.78, 5) is 11.5. The van der Waals surface area contributed by atoms with Gasteiger partial charge in [0.25, 0.3) is 0 Å². The smallest absolute Gasteiger partial charge is 0.136 e. The van der Waals surface area contributed by atoms with E-state index >= 15 is 0 Å². The lowest BCUT2D eigenvalue weighted by molar-refractivity contribution is -0.127. The Morgan fingerprint density at radius 2 is 1.50 bits per heavy atom. The molecule has 0 bridgehead atoms. The zero-order valence-electron chi connectivity index (χ0n) is 10.2. The van der Waals surface area contributed by atoms with Crippen LogP contribution in [0.1, 0.15) is 41.5 Å². The first-order valence-electron chi connectivity index (χ1n) is 5.06. The number of hydrogen-bond acceptors (Lipinski definition) is 3. The molecule has 0 fully saturated rings. The summed E-state index contributed by atoms with van der Waals surface area (Å²) in [5.41, 5.74) is 11.2. The fourth-order valence-electron chi connectivity index (χ4n) is 1.43. The van der Waals surface area contributed by atoms with Gasteiger partial charge in [-0.3, -0.25) is 4.79 Å². The maximum absolute atomic E-state index is 11.5. The summed E-state index contributed by atoms with van der Waals surface area (Å²) in [5.74, 6) is 0.110. The van der Waals surface area contributed by atoms with Gasteiger partial charge in [0.15, 0.2) is 0 Å². The number of carbonyl (C=O) groups is 1. The predicted octanol–water partition coefficient (Wildman–Crippen LogP) is 1.30. The van der Waals surface area contributed by atoms with Gasteiger partial charge in [-0.25, -0.2) is 0 Å². The molecule has 4 N–H and O–H groups in total. The van der Waals surface area contributed by atoms with Gasteiger partial charge in [-0.2, -0.15) is 0 Å². The Hall–Kier alpha value is -0.410. The van der Waals surface area contributed by atoms with Crippen LogP contribution in [0.4, 0.5) is 0 Å². The number of rotatable bonds is 4. The van der Waals surface area contributed by atoms with Crippen LogP contribution in [-0.4, -0.2) is 17.9 Å². The molecule has 0 rings (SSSR count). The third-order valence-electron chi connectivity index (χ3n) is 3.66. The Morgan fingerprint density at radius 3 is 1.71 bits per heavy atom. The number of ketones is 1. The highest BCUT2D eigenvalue weighted by Crippen LogP contribution is 2.35. The Kier molecular flexibility index (Phi) is 3.87. The molecule has 3 heteroatoms. The SMILES string of the molecule is CC(=O)C(C)(C)C(N)C(C)(C)C(C)N. The molecule has 0 saturated heterocycles. The van der Waals surface area contributed by atoms with E-state index in [9.17, 15) is 4.79 Å². The Balaban J connectivity index is 4.95. The fourth-order valence-corrected chi connectivity index (χ4v) is 1.43. The van der Waals surface area contributed by atoms with Gasteiger partial charge in [-0.15, -0.1) is 0 Å². The molecule has 0 radical (unpaired) electrons. The standard InChI is InChI=1S/C11H24N2O/c1-7(12)10(3,4)9(13)11(5,6)8(2)14/h7,9H,12-13H2,1-6H3. The molecule has 0 spiro atoms. The predicted molar refractivity (Wildman–Crippen MR) is 59.9 cm³/mol. The third-order valence-corrected chi connectivity index (χ3v) is 3.66. The summed E-state index contributed by atoms with van der Waals surface area (Å²) in [6.07, 6.45) is 0. The first-order chi connectivity index (χ1) is 6.04. The second-order valence-electron chi connectivity index (χ2n) is 5.37. The van der Waals surface area contributed by atoms with Gasteiger partial charge in [0.05, 0.1) is 0 Å². The van der Waals surface area contributed by atoms with Gasteiger partial charge in [-0.05, 0) is 19.3 Å². The van der Waals surface area contributed by atoms with Crippen molar-refractivity contribution in [2.75, 3.05) is 0 Å². The number of hydrogen-bond donors (Lipinski definition) is 2. The van der Waals surface area contributed by atoms with Crippen molar-refractivity contribution in [1.82, 2.24) is 0 Å². The highest BCUT2D eigenvalue weighted by Gasteiger charge is 2.42.